The van der Waals surface area contributed by atoms with Crippen LogP contribution in [-0.4, -0.2) is 24.1 Å². The van der Waals surface area contributed by atoms with E-state index in [0.717, 1.165) is 6.04 Å². The van der Waals surface area contributed by atoms with Crippen molar-refractivity contribution >= 4 is 11.8 Å². The van der Waals surface area contributed by atoms with Crippen LogP contribution in [-0.2, 0) is 0 Å². The van der Waals surface area contributed by atoms with Crippen molar-refractivity contribution in [3.05, 3.63) is 0 Å². The van der Waals surface area contributed by atoms with Crippen LogP contribution in [0.4, 0.5) is 0 Å². The zero-order valence-electron chi connectivity index (χ0n) is 8.14. The lowest BCUT2D eigenvalue weighted by Crippen LogP contribution is -2.34. The molecule has 1 saturated heterocycles. The first-order valence-electron chi connectivity index (χ1n) is 5.24. The summed E-state index contributed by atoms with van der Waals surface area (Å²) < 4.78 is 0. The molecule has 1 fully saturated rings. The molecule has 0 aliphatic carbocycles. The van der Waals surface area contributed by atoms with E-state index in [1.807, 2.05) is 0 Å². The molecule has 0 radical (unpaired) electrons. The molecule has 0 aromatic heterocycles. The minimum atomic E-state index is 0.820. The molecule has 1 nitrogen and oxygen atoms in total. The zero-order valence-corrected chi connectivity index (χ0v) is 8.96. The van der Waals surface area contributed by atoms with Crippen LogP contribution in [0.15, 0.2) is 0 Å². The number of hydrogen-bond acceptors (Lipinski definition) is 2. The highest BCUT2D eigenvalue weighted by Gasteiger charge is 2.11. The van der Waals surface area contributed by atoms with Crippen molar-refractivity contribution in [3.8, 4) is 0 Å². The van der Waals surface area contributed by atoms with Gasteiger partial charge in [0.15, 0.2) is 0 Å². The van der Waals surface area contributed by atoms with Crippen LogP contribution in [0.1, 0.15) is 39.0 Å². The van der Waals surface area contributed by atoms with Gasteiger partial charge in [-0.25, -0.2) is 0 Å². The molecule has 1 aliphatic heterocycles. The molecule has 0 bridgehead atoms. The first kappa shape index (κ1) is 10.4. The molecule has 1 heterocycles. The van der Waals surface area contributed by atoms with Gasteiger partial charge >= 0.3 is 0 Å². The van der Waals surface area contributed by atoms with Gasteiger partial charge in [-0.1, -0.05) is 19.8 Å². The SMILES string of the molecule is CCCCCN[C@H]1CCCSC1. The second-order valence-electron chi connectivity index (χ2n) is 3.58. The summed E-state index contributed by atoms with van der Waals surface area (Å²) in [4.78, 5) is 0. The number of nitrogens with one attached hydrogen (secondary N) is 1. The lowest BCUT2D eigenvalue weighted by Gasteiger charge is -2.22. The molecule has 1 atom stereocenters. The van der Waals surface area contributed by atoms with E-state index in [1.165, 1.54) is 50.2 Å². The Kier molecular flexibility index (Phi) is 5.88. The Morgan fingerprint density at radius 1 is 1.42 bits per heavy atom. The van der Waals surface area contributed by atoms with Gasteiger partial charge in [0.05, 0.1) is 0 Å². The van der Waals surface area contributed by atoms with E-state index in [1.54, 1.807) is 0 Å². The summed E-state index contributed by atoms with van der Waals surface area (Å²) in [6.07, 6.45) is 6.89. The summed E-state index contributed by atoms with van der Waals surface area (Å²) in [5, 5.41) is 3.64. The lowest BCUT2D eigenvalue weighted by atomic mass is 10.2. The fourth-order valence-electron chi connectivity index (χ4n) is 1.58. The lowest BCUT2D eigenvalue weighted by molar-refractivity contribution is 0.494. The Hall–Kier alpha value is 0.310. The molecule has 1 N–H and O–H groups in total. The van der Waals surface area contributed by atoms with Gasteiger partial charge in [0.25, 0.3) is 0 Å². The van der Waals surface area contributed by atoms with Gasteiger partial charge in [-0.15, -0.1) is 0 Å². The molecule has 0 spiro atoms. The topological polar surface area (TPSA) is 12.0 Å². The average Bonchev–Trinajstić information content (AvgIpc) is 2.14. The predicted molar refractivity (Wildman–Crippen MR) is 57.9 cm³/mol. The Labute approximate surface area is 80.7 Å². The van der Waals surface area contributed by atoms with Crippen LogP contribution in [0.3, 0.4) is 0 Å². The van der Waals surface area contributed by atoms with Crippen LogP contribution in [0.5, 0.6) is 0 Å². The highest BCUT2D eigenvalue weighted by atomic mass is 32.2. The maximum absolute atomic E-state index is 3.64. The molecule has 1 rings (SSSR count). The number of thioether (sulfide) groups is 1. The average molecular weight is 187 g/mol. The molecular formula is C10H21NS. The van der Waals surface area contributed by atoms with Gasteiger partial charge in [-0.05, 0) is 31.6 Å². The van der Waals surface area contributed by atoms with Gasteiger partial charge < -0.3 is 5.32 Å². The normalized spacial score (nSPS) is 24.2. The Bertz CT molecular complexity index is 100. The van der Waals surface area contributed by atoms with Gasteiger partial charge in [0, 0.05) is 11.8 Å². The Morgan fingerprint density at radius 2 is 2.33 bits per heavy atom. The molecule has 0 saturated carbocycles. The molecule has 0 aromatic carbocycles. The number of unbranched alkanes of at least 4 members (excludes halogenated alkanes) is 2. The maximum atomic E-state index is 3.64. The highest BCUT2D eigenvalue weighted by Crippen LogP contribution is 2.16. The van der Waals surface area contributed by atoms with Crippen molar-refractivity contribution in [2.75, 3.05) is 18.1 Å². The minimum absolute atomic E-state index is 0.820. The molecule has 0 unspecified atom stereocenters. The van der Waals surface area contributed by atoms with Crippen molar-refractivity contribution in [2.45, 2.75) is 45.1 Å². The molecule has 12 heavy (non-hydrogen) atoms. The predicted octanol–water partition coefficient (Wildman–Crippen LogP) is 2.66. The maximum Gasteiger partial charge on any atom is 0.0158 e. The monoisotopic (exact) mass is 187 g/mol. The summed E-state index contributed by atoms with van der Waals surface area (Å²) >= 11 is 2.10. The van der Waals surface area contributed by atoms with Crippen LogP contribution < -0.4 is 5.32 Å². The first-order chi connectivity index (χ1) is 5.93. The quantitative estimate of drug-likeness (QED) is 0.664. The van der Waals surface area contributed by atoms with Crippen molar-refractivity contribution in [1.82, 2.24) is 5.32 Å². The van der Waals surface area contributed by atoms with Gasteiger partial charge in [0.1, 0.15) is 0 Å². The summed E-state index contributed by atoms with van der Waals surface area (Å²) in [5.41, 5.74) is 0. The van der Waals surface area contributed by atoms with Crippen molar-refractivity contribution in [3.63, 3.8) is 0 Å². The second-order valence-corrected chi connectivity index (χ2v) is 4.73. The van der Waals surface area contributed by atoms with E-state index in [4.69, 9.17) is 0 Å². The van der Waals surface area contributed by atoms with E-state index in [2.05, 4.69) is 24.0 Å². The molecular weight excluding hydrogens is 166 g/mol. The summed E-state index contributed by atoms with van der Waals surface area (Å²) in [5.74, 6) is 2.72. The Balaban J connectivity index is 1.91. The smallest absolute Gasteiger partial charge is 0.0158 e. The Morgan fingerprint density at radius 3 is 3.00 bits per heavy atom. The molecule has 72 valence electrons. The van der Waals surface area contributed by atoms with Crippen LogP contribution in [0.2, 0.25) is 0 Å². The fourth-order valence-corrected chi connectivity index (χ4v) is 2.69. The van der Waals surface area contributed by atoms with Gasteiger partial charge in [-0.3, -0.25) is 0 Å². The highest BCUT2D eigenvalue weighted by molar-refractivity contribution is 7.99. The molecule has 2 heteroatoms. The zero-order chi connectivity index (χ0) is 8.65. The third-order valence-electron chi connectivity index (χ3n) is 2.37. The largest absolute Gasteiger partial charge is 0.313 e. The number of rotatable bonds is 5. The van der Waals surface area contributed by atoms with Crippen LogP contribution in [0, 0.1) is 0 Å². The summed E-state index contributed by atoms with van der Waals surface area (Å²) in [6.45, 7) is 3.50. The van der Waals surface area contributed by atoms with Crippen molar-refractivity contribution in [1.29, 1.82) is 0 Å². The van der Waals surface area contributed by atoms with E-state index < -0.39 is 0 Å². The first-order valence-corrected chi connectivity index (χ1v) is 6.40. The molecule has 0 amide bonds. The third kappa shape index (κ3) is 4.36. The van der Waals surface area contributed by atoms with Crippen LogP contribution in [0.25, 0.3) is 0 Å². The third-order valence-corrected chi connectivity index (χ3v) is 3.59. The number of hydrogen-bond donors (Lipinski definition) is 1. The van der Waals surface area contributed by atoms with E-state index in [0.29, 0.717) is 0 Å². The van der Waals surface area contributed by atoms with E-state index in [9.17, 15) is 0 Å². The van der Waals surface area contributed by atoms with Gasteiger partial charge in [0.2, 0.25) is 0 Å². The van der Waals surface area contributed by atoms with Crippen LogP contribution >= 0.6 is 11.8 Å². The molecule has 0 aromatic rings. The minimum Gasteiger partial charge on any atom is -0.313 e. The summed E-state index contributed by atoms with van der Waals surface area (Å²) in [7, 11) is 0. The fraction of sp³-hybridized carbons (Fsp3) is 1.00. The van der Waals surface area contributed by atoms with E-state index in [-0.39, 0.29) is 0 Å². The second kappa shape index (κ2) is 6.79. The van der Waals surface area contributed by atoms with Crippen molar-refractivity contribution in [2.24, 2.45) is 0 Å². The standard InChI is InChI=1S/C10H21NS/c1-2-3-4-7-11-10-6-5-8-12-9-10/h10-11H,2-9H2,1H3/t10-/m0/s1. The van der Waals surface area contributed by atoms with Crippen molar-refractivity contribution < 1.29 is 0 Å². The van der Waals surface area contributed by atoms with E-state index >= 15 is 0 Å². The van der Waals surface area contributed by atoms with Gasteiger partial charge in [-0.2, -0.15) is 11.8 Å². The summed E-state index contributed by atoms with van der Waals surface area (Å²) in [6, 6.07) is 0.820. The molecule has 1 aliphatic rings.